The van der Waals surface area contributed by atoms with Crippen molar-refractivity contribution in [3.05, 3.63) is 53.6 Å². The van der Waals surface area contributed by atoms with Crippen LogP contribution in [0.15, 0.2) is 52.3 Å². The Morgan fingerprint density at radius 1 is 1.26 bits per heavy atom. The molecule has 2 aliphatic heterocycles. The number of hydrogen-bond donors (Lipinski definition) is 2. The Balaban J connectivity index is 1.49. The molecule has 2 aromatic carbocycles. The number of fused-ring (bicyclic) bond motifs is 2. The molecule has 0 radical (unpaired) electrons. The first kappa shape index (κ1) is 18.1. The molecule has 1 saturated heterocycles. The molecule has 1 fully saturated rings. The molecule has 2 aromatic rings. The van der Waals surface area contributed by atoms with Gasteiger partial charge in [0.2, 0.25) is 0 Å². The van der Waals surface area contributed by atoms with Crippen molar-refractivity contribution < 1.29 is 9.59 Å². The molecule has 5 nitrogen and oxygen atoms in total. The monoisotopic (exact) mass is 381 g/mol. The van der Waals surface area contributed by atoms with Crippen LogP contribution in [-0.4, -0.2) is 42.4 Å². The van der Waals surface area contributed by atoms with Crippen LogP contribution in [0.5, 0.6) is 0 Å². The van der Waals surface area contributed by atoms with Gasteiger partial charge in [-0.2, -0.15) is 0 Å². The lowest BCUT2D eigenvalue weighted by atomic mass is 10.1. The SMILES string of the molecule is CCCN1CCC(NC(=O)c2ccc3c(c2)NC(=O)c2ccccc2S3)C1. The van der Waals surface area contributed by atoms with Gasteiger partial charge in [0.05, 0.1) is 11.3 Å². The van der Waals surface area contributed by atoms with Crippen LogP contribution in [0.25, 0.3) is 0 Å². The number of nitrogens with one attached hydrogen (secondary N) is 2. The first-order chi connectivity index (χ1) is 13.1. The third-order valence-corrected chi connectivity index (χ3v) is 6.14. The largest absolute Gasteiger partial charge is 0.348 e. The maximum atomic E-state index is 12.7. The smallest absolute Gasteiger partial charge is 0.256 e. The van der Waals surface area contributed by atoms with Crippen LogP contribution in [-0.2, 0) is 0 Å². The molecule has 0 saturated carbocycles. The summed E-state index contributed by atoms with van der Waals surface area (Å²) in [5.41, 5.74) is 1.93. The lowest BCUT2D eigenvalue weighted by molar-refractivity contribution is 0.0936. The Bertz CT molecular complexity index is 883. The molecule has 2 aliphatic rings. The Morgan fingerprint density at radius 3 is 2.96 bits per heavy atom. The van der Waals surface area contributed by atoms with Crippen molar-refractivity contribution in [2.24, 2.45) is 0 Å². The van der Waals surface area contributed by atoms with Gasteiger partial charge >= 0.3 is 0 Å². The minimum atomic E-state index is -0.139. The van der Waals surface area contributed by atoms with Gasteiger partial charge in [0.25, 0.3) is 11.8 Å². The van der Waals surface area contributed by atoms with Gasteiger partial charge in [-0.15, -0.1) is 0 Å². The second kappa shape index (κ2) is 7.74. The molecule has 0 aromatic heterocycles. The molecule has 2 amide bonds. The van der Waals surface area contributed by atoms with E-state index < -0.39 is 0 Å². The number of amides is 2. The third-order valence-electron chi connectivity index (χ3n) is 4.99. The number of likely N-dealkylation sites (tertiary alicyclic amines) is 1. The standard InChI is InChI=1S/C21H23N3O2S/c1-2-10-24-11-9-15(13-24)22-20(25)14-7-8-19-17(12-14)23-21(26)16-5-3-4-6-18(16)27-19/h3-8,12,15H,2,9-11,13H2,1H3,(H,22,25)(H,23,26). The molecule has 27 heavy (non-hydrogen) atoms. The van der Waals surface area contributed by atoms with E-state index in [0.29, 0.717) is 16.8 Å². The third kappa shape index (κ3) is 3.87. The molecular formula is C21H23N3O2S. The van der Waals surface area contributed by atoms with E-state index in [2.05, 4.69) is 22.5 Å². The first-order valence-electron chi connectivity index (χ1n) is 9.39. The van der Waals surface area contributed by atoms with Gasteiger partial charge in [0.1, 0.15) is 0 Å². The van der Waals surface area contributed by atoms with Crippen molar-refractivity contribution in [3.8, 4) is 0 Å². The number of anilines is 1. The number of carbonyl (C=O) groups is 2. The molecule has 4 rings (SSSR count). The topological polar surface area (TPSA) is 61.4 Å². The van der Waals surface area contributed by atoms with Crippen LogP contribution >= 0.6 is 11.8 Å². The van der Waals surface area contributed by atoms with E-state index in [1.807, 2.05) is 36.4 Å². The summed E-state index contributed by atoms with van der Waals surface area (Å²) in [6.45, 7) is 5.20. The zero-order valence-electron chi connectivity index (χ0n) is 15.3. The number of benzene rings is 2. The van der Waals surface area contributed by atoms with Crippen LogP contribution in [0.1, 0.15) is 40.5 Å². The number of rotatable bonds is 4. The van der Waals surface area contributed by atoms with E-state index in [-0.39, 0.29) is 17.9 Å². The van der Waals surface area contributed by atoms with Crippen LogP contribution in [0.4, 0.5) is 5.69 Å². The van der Waals surface area contributed by atoms with Crippen LogP contribution in [0.2, 0.25) is 0 Å². The predicted octanol–water partition coefficient (Wildman–Crippen LogP) is 3.62. The van der Waals surface area contributed by atoms with E-state index >= 15 is 0 Å². The van der Waals surface area contributed by atoms with Gasteiger partial charge in [0.15, 0.2) is 0 Å². The van der Waals surface area contributed by atoms with Crippen molar-refractivity contribution in [3.63, 3.8) is 0 Å². The molecule has 2 N–H and O–H groups in total. The summed E-state index contributed by atoms with van der Waals surface area (Å²) in [6, 6.07) is 13.3. The summed E-state index contributed by atoms with van der Waals surface area (Å²) in [5.74, 6) is -0.220. The fourth-order valence-electron chi connectivity index (χ4n) is 3.65. The van der Waals surface area contributed by atoms with Crippen molar-refractivity contribution in [1.82, 2.24) is 10.2 Å². The second-order valence-electron chi connectivity index (χ2n) is 7.02. The Hall–Kier alpha value is -2.31. The lowest BCUT2D eigenvalue weighted by Crippen LogP contribution is -2.37. The van der Waals surface area contributed by atoms with Gasteiger partial charge in [-0.3, -0.25) is 9.59 Å². The minimum absolute atomic E-state index is 0.0813. The highest BCUT2D eigenvalue weighted by molar-refractivity contribution is 7.99. The van der Waals surface area contributed by atoms with E-state index in [0.717, 1.165) is 42.3 Å². The molecule has 0 bridgehead atoms. The molecular weight excluding hydrogens is 358 g/mol. The molecule has 2 heterocycles. The summed E-state index contributed by atoms with van der Waals surface area (Å²) in [7, 11) is 0. The maximum Gasteiger partial charge on any atom is 0.256 e. The summed E-state index contributed by atoms with van der Waals surface area (Å²) in [4.78, 5) is 29.4. The second-order valence-corrected chi connectivity index (χ2v) is 8.11. The van der Waals surface area contributed by atoms with Crippen LogP contribution < -0.4 is 10.6 Å². The Labute approximate surface area is 163 Å². The van der Waals surface area contributed by atoms with Gasteiger partial charge in [-0.1, -0.05) is 30.8 Å². The van der Waals surface area contributed by atoms with Crippen molar-refractivity contribution >= 4 is 29.3 Å². The fourth-order valence-corrected chi connectivity index (χ4v) is 4.66. The first-order valence-corrected chi connectivity index (χ1v) is 10.2. The highest BCUT2D eigenvalue weighted by Gasteiger charge is 2.25. The van der Waals surface area contributed by atoms with Gasteiger partial charge in [-0.05, 0) is 49.7 Å². The predicted molar refractivity (Wildman–Crippen MR) is 108 cm³/mol. The average Bonchev–Trinajstić information content (AvgIpc) is 3.04. The molecule has 1 atom stereocenters. The summed E-state index contributed by atoms with van der Waals surface area (Å²) >= 11 is 1.54. The van der Waals surface area contributed by atoms with Gasteiger partial charge in [0, 0.05) is 34.5 Å². The van der Waals surface area contributed by atoms with E-state index in [9.17, 15) is 9.59 Å². The van der Waals surface area contributed by atoms with E-state index in [1.165, 1.54) is 0 Å². The number of carbonyl (C=O) groups excluding carboxylic acids is 2. The molecule has 0 spiro atoms. The number of nitrogens with zero attached hydrogens (tertiary/aromatic N) is 1. The van der Waals surface area contributed by atoms with E-state index in [4.69, 9.17) is 0 Å². The molecule has 0 aliphatic carbocycles. The number of hydrogen-bond acceptors (Lipinski definition) is 4. The van der Waals surface area contributed by atoms with Crippen molar-refractivity contribution in [2.45, 2.75) is 35.6 Å². The minimum Gasteiger partial charge on any atom is -0.348 e. The van der Waals surface area contributed by atoms with Crippen LogP contribution in [0, 0.1) is 0 Å². The van der Waals surface area contributed by atoms with Crippen LogP contribution in [0.3, 0.4) is 0 Å². The van der Waals surface area contributed by atoms with Crippen molar-refractivity contribution in [2.75, 3.05) is 25.0 Å². The highest BCUT2D eigenvalue weighted by Crippen LogP contribution is 2.39. The lowest BCUT2D eigenvalue weighted by Gasteiger charge is -2.16. The van der Waals surface area contributed by atoms with Gasteiger partial charge < -0.3 is 15.5 Å². The molecule has 6 heteroatoms. The summed E-state index contributed by atoms with van der Waals surface area (Å²) < 4.78 is 0. The average molecular weight is 382 g/mol. The Morgan fingerprint density at radius 2 is 2.11 bits per heavy atom. The fraction of sp³-hybridized carbons (Fsp3) is 0.333. The zero-order valence-corrected chi connectivity index (χ0v) is 16.1. The Kier molecular flexibility index (Phi) is 5.18. The summed E-state index contributed by atoms with van der Waals surface area (Å²) in [6.07, 6.45) is 2.11. The molecule has 140 valence electrons. The zero-order chi connectivity index (χ0) is 18.8. The van der Waals surface area contributed by atoms with Crippen molar-refractivity contribution in [1.29, 1.82) is 0 Å². The normalized spacial score (nSPS) is 19.0. The quantitative estimate of drug-likeness (QED) is 0.849. The maximum absolute atomic E-state index is 12.7. The highest BCUT2D eigenvalue weighted by atomic mass is 32.2. The molecule has 1 unspecified atom stereocenters. The van der Waals surface area contributed by atoms with Gasteiger partial charge in [-0.25, -0.2) is 0 Å². The van der Waals surface area contributed by atoms with E-state index in [1.54, 1.807) is 17.8 Å². The summed E-state index contributed by atoms with van der Waals surface area (Å²) in [5, 5.41) is 6.08.